The zero-order chi connectivity index (χ0) is 12.1. The van der Waals surface area contributed by atoms with Crippen molar-refractivity contribution in [2.75, 3.05) is 13.1 Å². The molecule has 0 aromatic carbocycles. The highest BCUT2D eigenvalue weighted by Crippen LogP contribution is 2.27. The Labute approximate surface area is 117 Å². The molecule has 1 atom stereocenters. The van der Waals surface area contributed by atoms with E-state index in [-0.39, 0.29) is 24.4 Å². The van der Waals surface area contributed by atoms with E-state index in [1.165, 1.54) is 38.5 Å². The molecule has 1 aliphatic heterocycles. The van der Waals surface area contributed by atoms with Crippen LogP contribution in [0.5, 0.6) is 0 Å². The smallest absolute Gasteiger partial charge is 0.237 e. The van der Waals surface area contributed by atoms with Gasteiger partial charge in [-0.05, 0) is 44.1 Å². The highest BCUT2D eigenvalue weighted by molar-refractivity contribution is 5.85. The molecule has 1 saturated heterocycles. The fourth-order valence-corrected chi connectivity index (χ4v) is 2.98. The van der Waals surface area contributed by atoms with Crippen LogP contribution in [0.1, 0.15) is 51.9 Å². The van der Waals surface area contributed by atoms with Gasteiger partial charge in [-0.1, -0.05) is 26.2 Å². The molecule has 2 fully saturated rings. The number of nitrogens with one attached hydrogen (secondary N) is 2. The summed E-state index contributed by atoms with van der Waals surface area (Å²) in [4.78, 5) is 11.9. The first kappa shape index (κ1) is 15.8. The second-order valence-corrected chi connectivity index (χ2v) is 5.87. The van der Waals surface area contributed by atoms with Crippen molar-refractivity contribution in [3.8, 4) is 0 Å². The van der Waals surface area contributed by atoms with Crippen LogP contribution in [-0.4, -0.2) is 25.0 Å². The Morgan fingerprint density at radius 1 is 1.17 bits per heavy atom. The van der Waals surface area contributed by atoms with Crippen LogP contribution in [-0.2, 0) is 4.79 Å². The van der Waals surface area contributed by atoms with E-state index in [1.54, 1.807) is 0 Å². The molecule has 2 N–H and O–H groups in total. The van der Waals surface area contributed by atoms with Crippen LogP contribution in [0.25, 0.3) is 0 Å². The molecular formula is C14H27ClN2O. The number of carbonyl (C=O) groups is 1. The summed E-state index contributed by atoms with van der Waals surface area (Å²) in [6.45, 7) is 4.23. The fourth-order valence-electron chi connectivity index (χ4n) is 2.98. The number of piperidine rings is 1. The van der Waals surface area contributed by atoms with Crippen molar-refractivity contribution in [3.05, 3.63) is 0 Å². The third kappa shape index (κ3) is 4.77. The first-order valence-corrected chi connectivity index (χ1v) is 7.27. The quantitative estimate of drug-likeness (QED) is 0.830. The van der Waals surface area contributed by atoms with Gasteiger partial charge in [0.25, 0.3) is 0 Å². The molecule has 1 saturated carbocycles. The third-order valence-electron chi connectivity index (χ3n) is 4.33. The van der Waals surface area contributed by atoms with Crippen molar-refractivity contribution in [2.45, 2.75) is 57.9 Å². The Hall–Kier alpha value is -0.280. The van der Waals surface area contributed by atoms with E-state index in [2.05, 4.69) is 17.6 Å². The van der Waals surface area contributed by atoms with Gasteiger partial charge in [0.1, 0.15) is 0 Å². The summed E-state index contributed by atoms with van der Waals surface area (Å²) >= 11 is 0. The van der Waals surface area contributed by atoms with Crippen molar-refractivity contribution < 1.29 is 4.79 Å². The lowest BCUT2D eigenvalue weighted by atomic mass is 9.83. The van der Waals surface area contributed by atoms with Crippen LogP contribution in [0, 0.1) is 11.8 Å². The van der Waals surface area contributed by atoms with Crippen LogP contribution in [0.3, 0.4) is 0 Å². The van der Waals surface area contributed by atoms with Crippen LogP contribution in [0.2, 0.25) is 0 Å². The summed E-state index contributed by atoms with van der Waals surface area (Å²) in [5.74, 6) is 1.84. The first-order valence-electron chi connectivity index (χ1n) is 7.27. The number of hydrogen-bond donors (Lipinski definition) is 2. The lowest BCUT2D eigenvalue weighted by Gasteiger charge is -2.28. The van der Waals surface area contributed by atoms with Crippen LogP contribution in [0.4, 0.5) is 0 Å². The summed E-state index contributed by atoms with van der Waals surface area (Å²) in [5.41, 5.74) is 0. The Morgan fingerprint density at radius 3 is 2.50 bits per heavy atom. The minimum absolute atomic E-state index is 0. The highest BCUT2D eigenvalue weighted by atomic mass is 35.5. The van der Waals surface area contributed by atoms with E-state index in [9.17, 15) is 4.79 Å². The van der Waals surface area contributed by atoms with Crippen LogP contribution >= 0.6 is 12.4 Å². The second kappa shape index (κ2) is 8.00. The average Bonchev–Trinajstić information content (AvgIpc) is 2.39. The minimum atomic E-state index is 0. The van der Waals surface area contributed by atoms with Crippen molar-refractivity contribution >= 4 is 18.3 Å². The Kier molecular flexibility index (Phi) is 7.02. The van der Waals surface area contributed by atoms with Crippen LogP contribution < -0.4 is 10.6 Å². The lowest BCUT2D eigenvalue weighted by molar-refractivity contribution is -0.123. The highest BCUT2D eigenvalue weighted by Gasteiger charge is 2.22. The van der Waals surface area contributed by atoms with Crippen LogP contribution in [0.15, 0.2) is 0 Å². The van der Waals surface area contributed by atoms with E-state index in [1.807, 2.05) is 0 Å². The van der Waals surface area contributed by atoms with E-state index in [0.29, 0.717) is 0 Å². The summed E-state index contributed by atoms with van der Waals surface area (Å²) in [6.07, 6.45) is 8.66. The van der Waals surface area contributed by atoms with Gasteiger partial charge in [0, 0.05) is 6.54 Å². The molecule has 106 valence electrons. The van der Waals surface area contributed by atoms with E-state index in [4.69, 9.17) is 0 Å². The van der Waals surface area contributed by atoms with Crippen molar-refractivity contribution in [3.63, 3.8) is 0 Å². The summed E-state index contributed by atoms with van der Waals surface area (Å²) < 4.78 is 0. The molecule has 0 aromatic heterocycles. The maximum Gasteiger partial charge on any atom is 0.237 e. The first-order chi connectivity index (χ1) is 8.25. The maximum atomic E-state index is 11.9. The summed E-state index contributed by atoms with van der Waals surface area (Å²) in [6, 6.07) is 0.0752. The standard InChI is InChI=1S/C14H26N2O.ClH/c1-11-5-7-12(8-6-11)10-16-14(17)13-4-2-3-9-15-13;/h11-13,15H,2-10H2,1H3,(H,16,17);1H/t11?,12?,13-;/m0./s1. The predicted octanol–water partition coefficient (Wildman–Crippen LogP) is 2.49. The Balaban J connectivity index is 0.00000162. The van der Waals surface area contributed by atoms with E-state index < -0.39 is 0 Å². The van der Waals surface area contributed by atoms with Gasteiger partial charge in [-0.25, -0.2) is 0 Å². The Bertz CT molecular complexity index is 246. The molecule has 3 nitrogen and oxygen atoms in total. The van der Waals surface area contributed by atoms with Gasteiger partial charge in [-0.15, -0.1) is 12.4 Å². The molecule has 0 spiro atoms. The van der Waals surface area contributed by atoms with Crippen molar-refractivity contribution in [1.82, 2.24) is 10.6 Å². The molecule has 2 rings (SSSR count). The molecule has 4 heteroatoms. The predicted molar refractivity (Wildman–Crippen MR) is 77.0 cm³/mol. The molecular weight excluding hydrogens is 248 g/mol. The zero-order valence-corrected chi connectivity index (χ0v) is 12.2. The molecule has 1 amide bonds. The van der Waals surface area contributed by atoms with E-state index >= 15 is 0 Å². The normalized spacial score (nSPS) is 32.4. The van der Waals surface area contributed by atoms with Gasteiger partial charge in [0.05, 0.1) is 6.04 Å². The number of amides is 1. The number of carbonyl (C=O) groups excluding carboxylic acids is 1. The second-order valence-electron chi connectivity index (χ2n) is 5.87. The molecule has 1 aliphatic carbocycles. The topological polar surface area (TPSA) is 41.1 Å². The number of rotatable bonds is 3. The summed E-state index contributed by atoms with van der Waals surface area (Å²) in [7, 11) is 0. The zero-order valence-electron chi connectivity index (χ0n) is 11.4. The fraction of sp³-hybridized carbons (Fsp3) is 0.929. The van der Waals surface area contributed by atoms with Crippen molar-refractivity contribution in [2.24, 2.45) is 11.8 Å². The number of hydrogen-bond acceptors (Lipinski definition) is 2. The third-order valence-corrected chi connectivity index (χ3v) is 4.33. The van der Waals surface area contributed by atoms with Gasteiger partial charge < -0.3 is 10.6 Å². The van der Waals surface area contributed by atoms with Gasteiger partial charge >= 0.3 is 0 Å². The molecule has 1 heterocycles. The van der Waals surface area contributed by atoms with E-state index in [0.717, 1.165) is 31.3 Å². The van der Waals surface area contributed by atoms with Gasteiger partial charge in [0.2, 0.25) is 5.91 Å². The molecule has 0 bridgehead atoms. The molecule has 18 heavy (non-hydrogen) atoms. The molecule has 0 unspecified atom stereocenters. The largest absolute Gasteiger partial charge is 0.354 e. The molecule has 2 aliphatic rings. The minimum Gasteiger partial charge on any atom is -0.354 e. The monoisotopic (exact) mass is 274 g/mol. The van der Waals surface area contributed by atoms with Crippen molar-refractivity contribution in [1.29, 1.82) is 0 Å². The molecule has 0 radical (unpaired) electrons. The molecule has 0 aromatic rings. The van der Waals surface area contributed by atoms with Gasteiger partial charge in [-0.2, -0.15) is 0 Å². The average molecular weight is 275 g/mol. The number of halogens is 1. The lowest BCUT2D eigenvalue weighted by Crippen LogP contribution is -2.47. The maximum absolute atomic E-state index is 11.9. The van der Waals surface area contributed by atoms with Gasteiger partial charge in [-0.3, -0.25) is 4.79 Å². The Morgan fingerprint density at radius 2 is 1.89 bits per heavy atom. The van der Waals surface area contributed by atoms with Gasteiger partial charge in [0.15, 0.2) is 0 Å². The SMILES string of the molecule is CC1CCC(CNC(=O)[C@@H]2CCCCN2)CC1.Cl. The summed E-state index contributed by atoms with van der Waals surface area (Å²) in [5, 5.41) is 6.44.